The van der Waals surface area contributed by atoms with Crippen LogP contribution in [0.3, 0.4) is 0 Å². The number of benzene rings is 1. The summed E-state index contributed by atoms with van der Waals surface area (Å²) in [7, 11) is 0. The number of hydrogen-bond acceptors (Lipinski definition) is 1. The first-order valence-electron chi connectivity index (χ1n) is 3.18. The summed E-state index contributed by atoms with van der Waals surface area (Å²) in [4.78, 5) is 0. The van der Waals surface area contributed by atoms with Crippen molar-refractivity contribution >= 4 is 12.4 Å². The van der Waals surface area contributed by atoms with Crippen molar-refractivity contribution < 1.29 is 9.13 Å². The standard InChI is InChI=1S/C6H5F.C2H4O.ClH/c7-6-4-2-1-3-5-6;1-2-3-1;/h1-5H;1-2H2;1H. The van der Waals surface area contributed by atoms with Gasteiger partial charge < -0.3 is 4.74 Å². The van der Waals surface area contributed by atoms with Gasteiger partial charge in [-0.2, -0.15) is 0 Å². The van der Waals surface area contributed by atoms with Crippen LogP contribution in [0.1, 0.15) is 0 Å². The van der Waals surface area contributed by atoms with E-state index in [2.05, 4.69) is 4.74 Å². The Balaban J connectivity index is 0.000000212. The predicted molar refractivity (Wildman–Crippen MR) is 44.5 cm³/mol. The molecule has 1 aromatic carbocycles. The van der Waals surface area contributed by atoms with E-state index >= 15 is 0 Å². The third-order valence-corrected chi connectivity index (χ3v) is 0.937. The smallest absolute Gasteiger partial charge is 0.123 e. The summed E-state index contributed by atoms with van der Waals surface area (Å²) < 4.78 is 16.4. The Bertz CT molecular complexity index is 174. The molecular weight excluding hydrogens is 167 g/mol. The highest BCUT2D eigenvalue weighted by Gasteiger charge is 1.94. The summed E-state index contributed by atoms with van der Waals surface area (Å²) in [6.07, 6.45) is 0. The molecule has 1 saturated heterocycles. The van der Waals surface area contributed by atoms with E-state index in [1.165, 1.54) is 12.1 Å². The van der Waals surface area contributed by atoms with E-state index in [4.69, 9.17) is 0 Å². The van der Waals surface area contributed by atoms with Crippen LogP contribution in [0.4, 0.5) is 4.39 Å². The summed E-state index contributed by atoms with van der Waals surface area (Å²) in [5.41, 5.74) is 0. The molecule has 0 aromatic heterocycles. The van der Waals surface area contributed by atoms with Gasteiger partial charge in [-0.3, -0.25) is 0 Å². The van der Waals surface area contributed by atoms with E-state index in [0.717, 1.165) is 13.2 Å². The van der Waals surface area contributed by atoms with Crippen LogP contribution < -0.4 is 0 Å². The van der Waals surface area contributed by atoms with Gasteiger partial charge in [0.15, 0.2) is 0 Å². The molecule has 1 aromatic rings. The third kappa shape index (κ3) is 7.30. The molecular formula is C8H10ClFO. The second-order valence-electron chi connectivity index (χ2n) is 1.91. The molecule has 62 valence electrons. The van der Waals surface area contributed by atoms with Crippen LogP contribution in [0.25, 0.3) is 0 Å². The minimum Gasteiger partial charge on any atom is -0.377 e. The van der Waals surface area contributed by atoms with Crippen LogP contribution in [0.2, 0.25) is 0 Å². The Labute approximate surface area is 71.6 Å². The molecule has 1 aliphatic rings. The summed E-state index contributed by atoms with van der Waals surface area (Å²) in [5, 5.41) is 0. The van der Waals surface area contributed by atoms with Crippen molar-refractivity contribution in [2.45, 2.75) is 0 Å². The summed E-state index contributed by atoms with van der Waals surface area (Å²) >= 11 is 0. The molecule has 0 N–H and O–H groups in total. The van der Waals surface area contributed by atoms with Crippen LogP contribution in [0, 0.1) is 5.82 Å². The highest BCUT2D eigenvalue weighted by Crippen LogP contribution is 1.91. The number of ether oxygens (including phenoxy) is 1. The van der Waals surface area contributed by atoms with Gasteiger partial charge in [0.25, 0.3) is 0 Å². The first kappa shape index (κ1) is 10.4. The van der Waals surface area contributed by atoms with Crippen LogP contribution in [-0.2, 0) is 4.74 Å². The van der Waals surface area contributed by atoms with E-state index in [9.17, 15) is 4.39 Å². The monoisotopic (exact) mass is 176 g/mol. The lowest BCUT2D eigenvalue weighted by atomic mass is 10.4. The molecule has 0 radical (unpaired) electrons. The summed E-state index contributed by atoms with van der Waals surface area (Å²) in [5.74, 6) is -0.178. The Morgan fingerprint density at radius 2 is 1.55 bits per heavy atom. The fourth-order valence-electron chi connectivity index (χ4n) is 0.415. The molecule has 1 aliphatic heterocycles. The van der Waals surface area contributed by atoms with Crippen molar-refractivity contribution in [3.05, 3.63) is 36.1 Å². The minimum atomic E-state index is -0.178. The van der Waals surface area contributed by atoms with Gasteiger partial charge in [0, 0.05) is 0 Å². The Hall–Kier alpha value is -0.600. The lowest BCUT2D eigenvalue weighted by Crippen LogP contribution is -1.63. The molecule has 1 heterocycles. The molecule has 3 heteroatoms. The molecule has 0 unspecified atom stereocenters. The lowest BCUT2D eigenvalue weighted by molar-refractivity contribution is 0.475. The van der Waals surface area contributed by atoms with Crippen molar-refractivity contribution in [3.8, 4) is 0 Å². The van der Waals surface area contributed by atoms with Crippen LogP contribution in [-0.4, -0.2) is 13.2 Å². The molecule has 11 heavy (non-hydrogen) atoms. The maximum Gasteiger partial charge on any atom is 0.123 e. The molecule has 1 nitrogen and oxygen atoms in total. The zero-order chi connectivity index (χ0) is 7.23. The maximum atomic E-state index is 11.9. The average molecular weight is 177 g/mol. The van der Waals surface area contributed by atoms with Gasteiger partial charge in [0.2, 0.25) is 0 Å². The normalized spacial score (nSPS) is 12.1. The van der Waals surface area contributed by atoms with Gasteiger partial charge in [0.1, 0.15) is 5.82 Å². The molecule has 0 aliphatic carbocycles. The third-order valence-electron chi connectivity index (χ3n) is 0.937. The first-order valence-corrected chi connectivity index (χ1v) is 3.18. The van der Waals surface area contributed by atoms with Crippen molar-refractivity contribution in [2.75, 3.05) is 13.2 Å². The zero-order valence-electron chi connectivity index (χ0n) is 6.00. The van der Waals surface area contributed by atoms with E-state index in [1.54, 1.807) is 18.2 Å². The second kappa shape index (κ2) is 6.13. The Morgan fingerprint density at radius 3 is 1.73 bits per heavy atom. The van der Waals surface area contributed by atoms with E-state index in [0.29, 0.717) is 0 Å². The first-order chi connectivity index (χ1) is 4.89. The van der Waals surface area contributed by atoms with Crippen molar-refractivity contribution in [2.24, 2.45) is 0 Å². The number of hydrogen-bond donors (Lipinski definition) is 0. The topological polar surface area (TPSA) is 12.5 Å². The number of halogens is 2. The molecule has 2 rings (SSSR count). The Morgan fingerprint density at radius 1 is 1.09 bits per heavy atom. The van der Waals surface area contributed by atoms with Crippen molar-refractivity contribution in [1.29, 1.82) is 0 Å². The summed E-state index contributed by atoms with van der Waals surface area (Å²) in [6, 6.07) is 7.94. The number of epoxide rings is 1. The van der Waals surface area contributed by atoms with Crippen molar-refractivity contribution in [3.63, 3.8) is 0 Å². The van der Waals surface area contributed by atoms with Gasteiger partial charge in [-0.05, 0) is 12.1 Å². The lowest BCUT2D eigenvalue weighted by Gasteiger charge is -1.78. The van der Waals surface area contributed by atoms with Gasteiger partial charge in [0.05, 0.1) is 13.2 Å². The van der Waals surface area contributed by atoms with Gasteiger partial charge in [-0.1, -0.05) is 18.2 Å². The van der Waals surface area contributed by atoms with E-state index in [1.807, 2.05) is 0 Å². The van der Waals surface area contributed by atoms with Crippen LogP contribution >= 0.6 is 12.4 Å². The predicted octanol–water partition coefficient (Wildman–Crippen LogP) is 2.26. The van der Waals surface area contributed by atoms with E-state index in [-0.39, 0.29) is 18.2 Å². The van der Waals surface area contributed by atoms with Crippen LogP contribution in [0.15, 0.2) is 30.3 Å². The van der Waals surface area contributed by atoms with Crippen molar-refractivity contribution in [1.82, 2.24) is 0 Å². The maximum absolute atomic E-state index is 11.9. The average Bonchev–Trinajstić information content (AvgIpc) is 2.73. The van der Waals surface area contributed by atoms with Gasteiger partial charge in [-0.25, -0.2) is 4.39 Å². The SMILES string of the molecule is C1CO1.Cl.Fc1ccccc1. The molecule has 0 spiro atoms. The molecule has 0 bridgehead atoms. The largest absolute Gasteiger partial charge is 0.377 e. The highest BCUT2D eigenvalue weighted by molar-refractivity contribution is 5.85. The minimum absolute atomic E-state index is 0. The highest BCUT2D eigenvalue weighted by atomic mass is 35.5. The Kier molecular flexibility index (Phi) is 5.80. The fraction of sp³-hybridized carbons (Fsp3) is 0.250. The number of rotatable bonds is 0. The van der Waals surface area contributed by atoms with Gasteiger partial charge >= 0.3 is 0 Å². The second-order valence-corrected chi connectivity index (χ2v) is 1.91. The quantitative estimate of drug-likeness (QED) is 0.553. The molecule has 0 atom stereocenters. The van der Waals surface area contributed by atoms with Crippen LogP contribution in [0.5, 0.6) is 0 Å². The van der Waals surface area contributed by atoms with Gasteiger partial charge in [-0.15, -0.1) is 12.4 Å². The zero-order valence-corrected chi connectivity index (χ0v) is 6.81. The molecule has 0 saturated carbocycles. The summed E-state index contributed by atoms with van der Waals surface area (Å²) in [6.45, 7) is 2.00. The molecule has 0 amide bonds. The van der Waals surface area contributed by atoms with E-state index < -0.39 is 0 Å². The molecule has 1 fully saturated rings. The fourth-order valence-corrected chi connectivity index (χ4v) is 0.415.